The van der Waals surface area contributed by atoms with Gasteiger partial charge in [0.1, 0.15) is 0 Å². The number of hydroxylamine groups is 1. The third kappa shape index (κ3) is 4.91. The first-order valence-corrected chi connectivity index (χ1v) is 5.26. The van der Waals surface area contributed by atoms with Gasteiger partial charge in [-0.2, -0.15) is 5.48 Å². The average Bonchev–Trinajstić information content (AvgIpc) is 2.27. The third-order valence-electron chi connectivity index (χ3n) is 2.33. The van der Waals surface area contributed by atoms with Crippen LogP contribution in [-0.4, -0.2) is 24.2 Å². The highest BCUT2D eigenvalue weighted by Crippen LogP contribution is 2.07. The molecule has 0 aliphatic rings. The Morgan fingerprint density at radius 2 is 2.12 bits per heavy atom. The number of benzene rings is 1. The summed E-state index contributed by atoms with van der Waals surface area (Å²) in [6.07, 6.45) is 1.65. The molecule has 0 bridgehead atoms. The molecule has 0 aliphatic heterocycles. The maximum Gasteiger partial charge on any atom is 0.305 e. The minimum atomic E-state index is -0.817. The smallest absolute Gasteiger partial charge is 0.305 e. The van der Waals surface area contributed by atoms with Gasteiger partial charge < -0.3 is 9.94 Å². The maximum absolute atomic E-state index is 10.6. The Labute approximate surface area is 95.2 Å². The molecule has 0 heterocycles. The second-order valence-electron chi connectivity index (χ2n) is 3.64. The van der Waals surface area contributed by atoms with E-state index in [9.17, 15) is 4.79 Å². The summed E-state index contributed by atoms with van der Waals surface area (Å²) >= 11 is 0. The maximum atomic E-state index is 10.6. The zero-order valence-corrected chi connectivity index (χ0v) is 9.35. The van der Waals surface area contributed by atoms with Gasteiger partial charge in [-0.3, -0.25) is 4.79 Å². The predicted octanol–water partition coefficient (Wildman–Crippen LogP) is 1.61. The lowest BCUT2D eigenvalue weighted by Gasteiger charge is -2.14. The predicted molar refractivity (Wildman–Crippen MR) is 60.9 cm³/mol. The Bertz CT molecular complexity index is 313. The molecule has 1 atom stereocenters. The molecular formula is C12H17NO3. The third-order valence-corrected chi connectivity index (χ3v) is 2.33. The number of hydrogen-bond donors (Lipinski definition) is 2. The van der Waals surface area contributed by atoms with Crippen LogP contribution >= 0.6 is 0 Å². The molecule has 2 N–H and O–H groups in total. The first-order valence-electron chi connectivity index (χ1n) is 5.26. The summed E-state index contributed by atoms with van der Waals surface area (Å²) in [5.41, 5.74) is 3.91. The molecular weight excluding hydrogens is 206 g/mol. The van der Waals surface area contributed by atoms with E-state index in [1.165, 1.54) is 12.7 Å². The average molecular weight is 223 g/mol. The molecule has 0 unspecified atom stereocenters. The number of carbonyl (C=O) groups is 1. The molecule has 4 heteroatoms. The van der Waals surface area contributed by atoms with Gasteiger partial charge in [-0.05, 0) is 18.4 Å². The second kappa shape index (κ2) is 6.98. The van der Waals surface area contributed by atoms with Crippen molar-refractivity contribution < 1.29 is 14.7 Å². The monoisotopic (exact) mass is 223 g/mol. The fraction of sp³-hybridized carbons (Fsp3) is 0.417. The molecule has 1 aromatic carbocycles. The molecule has 4 nitrogen and oxygen atoms in total. The van der Waals surface area contributed by atoms with Crippen molar-refractivity contribution in [3.63, 3.8) is 0 Å². The molecule has 0 fully saturated rings. The normalized spacial score (nSPS) is 12.3. The van der Waals surface area contributed by atoms with E-state index in [0.29, 0.717) is 0 Å². The minimum Gasteiger partial charge on any atom is -0.481 e. The van der Waals surface area contributed by atoms with Crippen molar-refractivity contribution in [1.29, 1.82) is 0 Å². The van der Waals surface area contributed by atoms with Crippen LogP contribution in [0.2, 0.25) is 0 Å². The summed E-state index contributed by atoms with van der Waals surface area (Å²) in [4.78, 5) is 15.4. The van der Waals surface area contributed by atoms with Gasteiger partial charge in [-0.1, -0.05) is 30.3 Å². The van der Waals surface area contributed by atoms with Gasteiger partial charge in [-0.25, -0.2) is 0 Å². The van der Waals surface area contributed by atoms with Gasteiger partial charge in [0, 0.05) is 6.04 Å². The summed E-state index contributed by atoms with van der Waals surface area (Å²) < 4.78 is 0. The van der Waals surface area contributed by atoms with E-state index in [2.05, 4.69) is 5.48 Å². The molecule has 0 radical (unpaired) electrons. The van der Waals surface area contributed by atoms with Crippen LogP contribution in [0.5, 0.6) is 0 Å². The van der Waals surface area contributed by atoms with Gasteiger partial charge in [-0.15, -0.1) is 0 Å². The Morgan fingerprint density at radius 1 is 1.44 bits per heavy atom. The number of nitrogens with one attached hydrogen (secondary N) is 1. The standard InChI is InChI=1S/C12H17NO3/c1-16-13-11(9-12(14)15)8-7-10-5-3-2-4-6-10/h2-6,11,13H,7-9H2,1H3,(H,14,15)/t11-/m0/s1. The number of carboxylic acid groups (broad SMARTS) is 1. The molecule has 0 aromatic heterocycles. The molecule has 0 spiro atoms. The van der Waals surface area contributed by atoms with Crippen LogP contribution in [0.1, 0.15) is 18.4 Å². The van der Waals surface area contributed by atoms with Crippen molar-refractivity contribution >= 4 is 5.97 Å². The summed E-state index contributed by atoms with van der Waals surface area (Å²) in [6.45, 7) is 0. The highest BCUT2D eigenvalue weighted by Gasteiger charge is 2.12. The van der Waals surface area contributed by atoms with Gasteiger partial charge in [0.05, 0.1) is 13.5 Å². The van der Waals surface area contributed by atoms with E-state index in [-0.39, 0.29) is 12.5 Å². The van der Waals surface area contributed by atoms with E-state index in [0.717, 1.165) is 12.8 Å². The van der Waals surface area contributed by atoms with Crippen molar-refractivity contribution in [2.24, 2.45) is 0 Å². The second-order valence-corrected chi connectivity index (χ2v) is 3.64. The number of rotatable bonds is 7. The van der Waals surface area contributed by atoms with Crippen LogP contribution in [0.4, 0.5) is 0 Å². The van der Waals surface area contributed by atoms with Crippen LogP contribution in [0.25, 0.3) is 0 Å². The summed E-state index contributed by atoms with van der Waals surface area (Å²) in [5, 5.41) is 8.71. The lowest BCUT2D eigenvalue weighted by Crippen LogP contribution is -2.31. The first kappa shape index (κ1) is 12.7. The number of carboxylic acids is 1. The van der Waals surface area contributed by atoms with Crippen molar-refractivity contribution in [3.05, 3.63) is 35.9 Å². The van der Waals surface area contributed by atoms with E-state index < -0.39 is 5.97 Å². The molecule has 1 rings (SSSR count). The van der Waals surface area contributed by atoms with Crippen LogP contribution in [0, 0.1) is 0 Å². The summed E-state index contributed by atoms with van der Waals surface area (Å²) in [5.74, 6) is -0.817. The first-order chi connectivity index (χ1) is 7.72. The van der Waals surface area contributed by atoms with Gasteiger partial charge in [0.25, 0.3) is 0 Å². The lowest BCUT2D eigenvalue weighted by atomic mass is 10.0. The largest absolute Gasteiger partial charge is 0.481 e. The molecule has 16 heavy (non-hydrogen) atoms. The molecule has 1 aromatic rings. The van der Waals surface area contributed by atoms with Crippen LogP contribution in [-0.2, 0) is 16.1 Å². The van der Waals surface area contributed by atoms with Crippen LogP contribution in [0.15, 0.2) is 30.3 Å². The Balaban J connectivity index is 2.40. The van der Waals surface area contributed by atoms with Crippen molar-refractivity contribution in [2.75, 3.05) is 7.11 Å². The summed E-state index contributed by atoms with van der Waals surface area (Å²) in [7, 11) is 1.50. The van der Waals surface area contributed by atoms with Crippen molar-refractivity contribution in [1.82, 2.24) is 5.48 Å². The Morgan fingerprint density at radius 3 is 2.69 bits per heavy atom. The van der Waals surface area contributed by atoms with Gasteiger partial charge >= 0.3 is 5.97 Å². The number of aliphatic carboxylic acids is 1. The SMILES string of the molecule is CON[C@@H](CCc1ccccc1)CC(=O)O. The molecule has 0 saturated heterocycles. The summed E-state index contributed by atoms with van der Waals surface area (Å²) in [6, 6.07) is 9.83. The van der Waals surface area contributed by atoms with E-state index >= 15 is 0 Å². The highest BCUT2D eigenvalue weighted by molar-refractivity contribution is 5.67. The van der Waals surface area contributed by atoms with Gasteiger partial charge in [0.15, 0.2) is 0 Å². The van der Waals surface area contributed by atoms with E-state index in [1.807, 2.05) is 30.3 Å². The van der Waals surface area contributed by atoms with Crippen molar-refractivity contribution in [2.45, 2.75) is 25.3 Å². The van der Waals surface area contributed by atoms with E-state index in [1.54, 1.807) is 0 Å². The highest BCUT2D eigenvalue weighted by atomic mass is 16.6. The molecule has 0 aliphatic carbocycles. The Hall–Kier alpha value is -1.39. The molecule has 88 valence electrons. The molecule has 0 amide bonds. The van der Waals surface area contributed by atoms with Crippen LogP contribution in [0.3, 0.4) is 0 Å². The topological polar surface area (TPSA) is 58.6 Å². The van der Waals surface area contributed by atoms with E-state index in [4.69, 9.17) is 9.94 Å². The minimum absolute atomic E-state index is 0.0701. The Kier molecular flexibility index (Phi) is 5.53. The number of aryl methyl sites for hydroxylation is 1. The fourth-order valence-electron chi connectivity index (χ4n) is 1.57. The zero-order valence-electron chi connectivity index (χ0n) is 9.35. The quantitative estimate of drug-likeness (QED) is 0.689. The lowest BCUT2D eigenvalue weighted by molar-refractivity contribution is -0.138. The zero-order chi connectivity index (χ0) is 11.8. The fourth-order valence-corrected chi connectivity index (χ4v) is 1.57. The molecule has 0 saturated carbocycles. The van der Waals surface area contributed by atoms with Crippen LogP contribution < -0.4 is 5.48 Å². The van der Waals surface area contributed by atoms with Gasteiger partial charge in [0.2, 0.25) is 0 Å². The van der Waals surface area contributed by atoms with Crippen molar-refractivity contribution in [3.8, 4) is 0 Å². The number of hydrogen-bond acceptors (Lipinski definition) is 3.